The highest BCUT2D eigenvalue weighted by molar-refractivity contribution is 9.10. The molecule has 0 amide bonds. The highest BCUT2D eigenvalue weighted by Gasteiger charge is 2.24. The van der Waals surface area contributed by atoms with Gasteiger partial charge in [0.2, 0.25) is 10.0 Å². The average molecular weight is 321 g/mol. The summed E-state index contributed by atoms with van der Waals surface area (Å²) in [6.45, 7) is 4.78. The van der Waals surface area contributed by atoms with Crippen LogP contribution in [0.1, 0.15) is 20.3 Å². The lowest BCUT2D eigenvalue weighted by molar-refractivity contribution is 0.427. The lowest BCUT2D eigenvalue weighted by atomic mass is 10.3. The topological polar surface area (TPSA) is 63.4 Å². The molecular weight excluding hydrogens is 304 g/mol. The summed E-state index contributed by atoms with van der Waals surface area (Å²) in [7, 11) is -3.43. The molecule has 0 heterocycles. The summed E-state index contributed by atoms with van der Waals surface area (Å²) in [5.41, 5.74) is 6.14. The second kappa shape index (κ2) is 5.84. The lowest BCUT2D eigenvalue weighted by Gasteiger charge is -2.20. The lowest BCUT2D eigenvalue weighted by Crippen LogP contribution is -2.31. The molecule has 0 spiro atoms. The Kier molecular flexibility index (Phi) is 4.97. The van der Waals surface area contributed by atoms with Crippen molar-refractivity contribution in [3.63, 3.8) is 0 Å². The van der Waals surface area contributed by atoms with Crippen molar-refractivity contribution in [2.75, 3.05) is 18.8 Å². The minimum Gasteiger partial charge on any atom is -0.399 e. The molecule has 0 aliphatic rings. The molecule has 0 saturated carbocycles. The van der Waals surface area contributed by atoms with E-state index in [0.29, 0.717) is 23.2 Å². The van der Waals surface area contributed by atoms with Gasteiger partial charge >= 0.3 is 0 Å². The molecule has 0 fully saturated rings. The van der Waals surface area contributed by atoms with Crippen LogP contribution in [0.25, 0.3) is 0 Å². The summed E-state index contributed by atoms with van der Waals surface area (Å²) in [5.74, 6) is 0. The molecule has 96 valence electrons. The van der Waals surface area contributed by atoms with Gasteiger partial charge in [0.05, 0.1) is 4.90 Å². The van der Waals surface area contributed by atoms with Gasteiger partial charge in [-0.05, 0) is 40.5 Å². The van der Waals surface area contributed by atoms with E-state index in [4.69, 9.17) is 5.73 Å². The van der Waals surface area contributed by atoms with E-state index in [2.05, 4.69) is 15.9 Å². The molecule has 0 unspecified atom stereocenters. The molecule has 1 aromatic carbocycles. The second-order valence-electron chi connectivity index (χ2n) is 3.69. The highest BCUT2D eigenvalue weighted by Crippen LogP contribution is 2.27. The summed E-state index contributed by atoms with van der Waals surface area (Å²) in [6, 6.07) is 4.73. The molecule has 0 bridgehead atoms. The Morgan fingerprint density at radius 2 is 2.00 bits per heavy atom. The van der Waals surface area contributed by atoms with Crippen LogP contribution in [0.3, 0.4) is 0 Å². The summed E-state index contributed by atoms with van der Waals surface area (Å²) < 4.78 is 26.6. The van der Waals surface area contributed by atoms with Gasteiger partial charge in [-0.25, -0.2) is 8.42 Å². The highest BCUT2D eigenvalue weighted by atomic mass is 79.9. The monoisotopic (exact) mass is 320 g/mol. The van der Waals surface area contributed by atoms with Crippen LogP contribution in [-0.4, -0.2) is 25.8 Å². The first-order valence-electron chi connectivity index (χ1n) is 5.48. The molecule has 0 aliphatic heterocycles. The van der Waals surface area contributed by atoms with Crippen LogP contribution in [0.5, 0.6) is 0 Å². The third kappa shape index (κ3) is 3.20. The van der Waals surface area contributed by atoms with E-state index < -0.39 is 10.0 Å². The van der Waals surface area contributed by atoms with E-state index in [1.165, 1.54) is 10.4 Å². The zero-order valence-corrected chi connectivity index (χ0v) is 12.4. The molecule has 0 aromatic heterocycles. The molecule has 0 saturated heterocycles. The van der Waals surface area contributed by atoms with Crippen LogP contribution in [0.4, 0.5) is 5.69 Å². The third-order valence-corrected chi connectivity index (χ3v) is 5.35. The number of sulfonamides is 1. The van der Waals surface area contributed by atoms with Crippen molar-refractivity contribution in [1.29, 1.82) is 0 Å². The van der Waals surface area contributed by atoms with Gasteiger partial charge in [-0.3, -0.25) is 0 Å². The summed E-state index contributed by atoms with van der Waals surface area (Å²) >= 11 is 3.25. The van der Waals surface area contributed by atoms with Crippen molar-refractivity contribution in [2.24, 2.45) is 0 Å². The van der Waals surface area contributed by atoms with Gasteiger partial charge in [0, 0.05) is 23.2 Å². The quantitative estimate of drug-likeness (QED) is 0.847. The summed E-state index contributed by atoms with van der Waals surface area (Å²) in [5, 5.41) is 0. The molecule has 6 heteroatoms. The summed E-state index contributed by atoms with van der Waals surface area (Å²) in [4.78, 5) is 0.266. The number of nitrogens with zero attached hydrogens (tertiary/aromatic N) is 1. The third-order valence-electron chi connectivity index (χ3n) is 2.40. The van der Waals surface area contributed by atoms with E-state index in [-0.39, 0.29) is 4.90 Å². The zero-order chi connectivity index (χ0) is 13.1. The fourth-order valence-corrected chi connectivity index (χ4v) is 4.16. The van der Waals surface area contributed by atoms with Crippen LogP contribution >= 0.6 is 15.9 Å². The predicted molar refractivity (Wildman–Crippen MR) is 73.3 cm³/mol. The van der Waals surface area contributed by atoms with Gasteiger partial charge in [0.1, 0.15) is 0 Å². The Morgan fingerprint density at radius 3 is 2.47 bits per heavy atom. The number of hydrogen-bond acceptors (Lipinski definition) is 3. The van der Waals surface area contributed by atoms with Crippen molar-refractivity contribution in [3.8, 4) is 0 Å². The van der Waals surface area contributed by atoms with Crippen molar-refractivity contribution < 1.29 is 8.42 Å². The summed E-state index contributed by atoms with van der Waals surface area (Å²) in [6.07, 6.45) is 0.791. The van der Waals surface area contributed by atoms with E-state index >= 15 is 0 Å². The van der Waals surface area contributed by atoms with Crippen LogP contribution in [0, 0.1) is 0 Å². The molecular formula is C11H17BrN2O2S. The Balaban J connectivity index is 3.20. The largest absolute Gasteiger partial charge is 0.399 e. The van der Waals surface area contributed by atoms with Crippen LogP contribution in [-0.2, 0) is 10.0 Å². The molecule has 17 heavy (non-hydrogen) atoms. The first kappa shape index (κ1) is 14.5. The van der Waals surface area contributed by atoms with Crippen molar-refractivity contribution in [3.05, 3.63) is 22.7 Å². The number of nitrogens with two attached hydrogens (primary N) is 1. The standard InChI is InChI=1S/C11H17BrN2O2S/c1-3-7-14(4-2)17(15,16)11-6-5-9(13)8-10(11)12/h5-6,8H,3-4,7,13H2,1-2H3. The molecule has 1 rings (SSSR count). The number of halogens is 1. The molecule has 1 aromatic rings. The first-order chi connectivity index (χ1) is 7.93. The Labute approximate surface area is 111 Å². The van der Waals surface area contributed by atoms with Crippen LogP contribution in [0.15, 0.2) is 27.6 Å². The maximum absolute atomic E-state index is 12.3. The molecule has 0 radical (unpaired) electrons. The van der Waals surface area contributed by atoms with Crippen molar-refractivity contribution in [1.82, 2.24) is 4.31 Å². The van der Waals surface area contributed by atoms with E-state index in [0.717, 1.165) is 6.42 Å². The van der Waals surface area contributed by atoms with Gasteiger partial charge < -0.3 is 5.73 Å². The zero-order valence-electron chi connectivity index (χ0n) is 9.98. The van der Waals surface area contributed by atoms with Crippen LogP contribution in [0.2, 0.25) is 0 Å². The normalized spacial score (nSPS) is 12.0. The Bertz CT molecular complexity index is 488. The first-order valence-corrected chi connectivity index (χ1v) is 7.72. The Morgan fingerprint density at radius 1 is 1.35 bits per heavy atom. The second-order valence-corrected chi connectivity index (χ2v) is 6.45. The smallest absolute Gasteiger partial charge is 0.244 e. The van der Waals surface area contributed by atoms with Gasteiger partial charge in [-0.15, -0.1) is 0 Å². The number of hydrogen-bond donors (Lipinski definition) is 1. The molecule has 0 atom stereocenters. The Hall–Kier alpha value is -0.590. The van der Waals surface area contributed by atoms with Gasteiger partial charge in [0.15, 0.2) is 0 Å². The maximum Gasteiger partial charge on any atom is 0.244 e. The van der Waals surface area contributed by atoms with Crippen molar-refractivity contribution in [2.45, 2.75) is 25.2 Å². The number of anilines is 1. The predicted octanol–water partition coefficient (Wildman–Crippen LogP) is 2.45. The van der Waals surface area contributed by atoms with Gasteiger partial charge in [-0.2, -0.15) is 4.31 Å². The molecule has 2 N–H and O–H groups in total. The van der Waals surface area contributed by atoms with Gasteiger partial charge in [0.25, 0.3) is 0 Å². The average Bonchev–Trinajstić information content (AvgIpc) is 2.24. The van der Waals surface area contributed by atoms with E-state index in [1.54, 1.807) is 12.1 Å². The maximum atomic E-state index is 12.3. The van der Waals surface area contributed by atoms with Crippen LogP contribution < -0.4 is 5.73 Å². The number of rotatable bonds is 5. The molecule has 0 aliphatic carbocycles. The van der Waals surface area contributed by atoms with E-state index in [1.807, 2.05) is 13.8 Å². The van der Waals surface area contributed by atoms with Gasteiger partial charge in [-0.1, -0.05) is 13.8 Å². The number of benzene rings is 1. The fourth-order valence-electron chi connectivity index (χ4n) is 1.56. The fraction of sp³-hybridized carbons (Fsp3) is 0.455. The minimum absolute atomic E-state index is 0.266. The minimum atomic E-state index is -3.43. The van der Waals surface area contributed by atoms with Crippen molar-refractivity contribution >= 4 is 31.6 Å². The number of nitrogen functional groups attached to an aromatic ring is 1. The van der Waals surface area contributed by atoms with E-state index in [9.17, 15) is 8.42 Å². The molecule has 4 nitrogen and oxygen atoms in total. The SMILES string of the molecule is CCCN(CC)S(=O)(=O)c1ccc(N)cc1Br.